The van der Waals surface area contributed by atoms with E-state index in [0.717, 1.165) is 31.2 Å². The van der Waals surface area contributed by atoms with E-state index in [2.05, 4.69) is 5.32 Å². The third-order valence-corrected chi connectivity index (χ3v) is 7.18. The van der Waals surface area contributed by atoms with Crippen LogP contribution in [0.5, 0.6) is 23.0 Å². The van der Waals surface area contributed by atoms with E-state index in [4.69, 9.17) is 23.4 Å². The first-order valence-electron chi connectivity index (χ1n) is 13.1. The lowest BCUT2D eigenvalue weighted by atomic mass is 9.95. The average molecular weight is 519 g/mol. The van der Waals surface area contributed by atoms with Crippen LogP contribution in [0.3, 0.4) is 0 Å². The summed E-state index contributed by atoms with van der Waals surface area (Å²) in [7, 11) is 0. The second-order valence-corrected chi connectivity index (χ2v) is 9.78. The minimum Gasteiger partial charge on any atom is -0.485 e. The average Bonchev–Trinajstić information content (AvgIpc) is 3.65. The van der Waals surface area contributed by atoms with Gasteiger partial charge in [0.2, 0.25) is 12.9 Å². The summed E-state index contributed by atoms with van der Waals surface area (Å²) < 4.78 is 28.6. The summed E-state index contributed by atoms with van der Waals surface area (Å²) in [5, 5.41) is 3.18. The van der Waals surface area contributed by atoms with Gasteiger partial charge in [-0.05, 0) is 54.8 Å². The summed E-state index contributed by atoms with van der Waals surface area (Å²) in [6.45, 7) is 0.302. The standard InChI is InChI=1S/C29H30N2O7/c32-28(30-20-7-2-1-3-8-20)27(24-11-6-14-34-24)31(16-19-12-13-22-25(15-19)37-18-36-22)29(33)26-17-35-21-9-4-5-10-23(21)38-26/h4-6,9-15,20,26-27H,1-3,7-8,16-18H2,(H,30,32)/t26-,27-/m1/s1. The zero-order valence-corrected chi connectivity index (χ0v) is 21.0. The van der Waals surface area contributed by atoms with E-state index in [9.17, 15) is 9.59 Å². The molecule has 1 aromatic heterocycles. The smallest absolute Gasteiger partial charge is 0.268 e. The number of nitrogens with one attached hydrogen (secondary N) is 1. The van der Waals surface area contributed by atoms with E-state index in [0.29, 0.717) is 28.8 Å². The molecular weight excluding hydrogens is 488 g/mol. The van der Waals surface area contributed by atoms with Gasteiger partial charge in [0.25, 0.3) is 11.8 Å². The second-order valence-electron chi connectivity index (χ2n) is 9.78. The number of hydrogen-bond acceptors (Lipinski definition) is 7. The number of furan rings is 1. The topological polar surface area (TPSA) is 99.5 Å². The Morgan fingerprint density at radius 3 is 2.50 bits per heavy atom. The van der Waals surface area contributed by atoms with Crippen LogP contribution < -0.4 is 24.3 Å². The van der Waals surface area contributed by atoms with Crippen molar-refractivity contribution in [1.29, 1.82) is 0 Å². The van der Waals surface area contributed by atoms with Gasteiger partial charge in [0.1, 0.15) is 12.4 Å². The predicted octanol–water partition coefficient (Wildman–Crippen LogP) is 4.37. The van der Waals surface area contributed by atoms with Crippen molar-refractivity contribution in [2.45, 2.75) is 56.8 Å². The van der Waals surface area contributed by atoms with E-state index < -0.39 is 12.1 Å². The van der Waals surface area contributed by atoms with Gasteiger partial charge in [-0.3, -0.25) is 9.59 Å². The number of ether oxygens (including phenoxy) is 4. The molecule has 0 bridgehead atoms. The maximum atomic E-state index is 14.1. The highest BCUT2D eigenvalue weighted by molar-refractivity contribution is 5.90. The first-order chi connectivity index (χ1) is 18.7. The molecule has 1 fully saturated rings. The zero-order valence-electron chi connectivity index (χ0n) is 21.0. The number of hydrogen-bond donors (Lipinski definition) is 1. The minimum atomic E-state index is -0.995. The lowest BCUT2D eigenvalue weighted by molar-refractivity contribution is -0.150. The van der Waals surface area contributed by atoms with Gasteiger partial charge in [0.05, 0.1) is 6.26 Å². The van der Waals surface area contributed by atoms with Crippen LogP contribution in [-0.4, -0.2) is 42.3 Å². The molecule has 3 aromatic rings. The Bertz CT molecular complexity index is 1290. The highest BCUT2D eigenvalue weighted by atomic mass is 16.7. The molecule has 1 N–H and O–H groups in total. The van der Waals surface area contributed by atoms with Crippen LogP contribution in [0.2, 0.25) is 0 Å². The number of nitrogens with zero attached hydrogens (tertiary/aromatic N) is 1. The quantitative estimate of drug-likeness (QED) is 0.496. The summed E-state index contributed by atoms with van der Waals surface area (Å²) in [5.74, 6) is 2.03. The number of para-hydroxylation sites is 2. The molecule has 0 saturated heterocycles. The van der Waals surface area contributed by atoms with E-state index in [1.54, 1.807) is 30.3 Å². The summed E-state index contributed by atoms with van der Waals surface area (Å²) in [6, 6.07) is 15.2. The third-order valence-electron chi connectivity index (χ3n) is 7.18. The van der Waals surface area contributed by atoms with Gasteiger partial charge >= 0.3 is 0 Å². The zero-order chi connectivity index (χ0) is 25.9. The van der Waals surface area contributed by atoms with E-state index in [1.807, 2.05) is 24.3 Å². The Hall–Kier alpha value is -4.14. The van der Waals surface area contributed by atoms with Gasteiger partial charge in [0, 0.05) is 12.6 Å². The van der Waals surface area contributed by atoms with Crippen LogP contribution in [0, 0.1) is 0 Å². The van der Waals surface area contributed by atoms with Crippen LogP contribution in [0.15, 0.2) is 65.3 Å². The Labute approximate surface area is 220 Å². The van der Waals surface area contributed by atoms with E-state index in [1.165, 1.54) is 17.6 Å². The normalized spacial score (nSPS) is 19.0. The summed E-state index contributed by atoms with van der Waals surface area (Å²) in [4.78, 5) is 29.5. The molecule has 1 aliphatic carbocycles. The minimum absolute atomic E-state index is 0.0304. The molecule has 2 aliphatic heterocycles. The predicted molar refractivity (Wildman–Crippen MR) is 136 cm³/mol. The van der Waals surface area contributed by atoms with Crippen molar-refractivity contribution in [2.75, 3.05) is 13.4 Å². The van der Waals surface area contributed by atoms with Crippen LogP contribution in [-0.2, 0) is 16.1 Å². The van der Waals surface area contributed by atoms with Crippen LogP contribution in [0.25, 0.3) is 0 Å². The maximum absolute atomic E-state index is 14.1. The molecule has 0 unspecified atom stereocenters. The van der Waals surface area contributed by atoms with Crippen molar-refractivity contribution in [1.82, 2.24) is 10.2 Å². The third kappa shape index (κ3) is 5.01. The Kier molecular flexibility index (Phi) is 6.81. The summed E-state index contributed by atoms with van der Waals surface area (Å²) in [6.07, 6.45) is 5.73. The first-order valence-corrected chi connectivity index (χ1v) is 13.1. The maximum Gasteiger partial charge on any atom is 0.268 e. The number of carbonyl (C=O) groups is 2. The summed E-state index contributed by atoms with van der Waals surface area (Å²) in [5.41, 5.74) is 0.779. The van der Waals surface area contributed by atoms with Gasteiger partial charge < -0.3 is 33.6 Å². The lowest BCUT2D eigenvalue weighted by Crippen LogP contribution is -2.52. The largest absolute Gasteiger partial charge is 0.485 e. The Morgan fingerprint density at radius 1 is 0.895 bits per heavy atom. The van der Waals surface area contributed by atoms with Crippen molar-refractivity contribution in [3.8, 4) is 23.0 Å². The van der Waals surface area contributed by atoms with Gasteiger partial charge in [-0.25, -0.2) is 0 Å². The fourth-order valence-electron chi connectivity index (χ4n) is 5.26. The SMILES string of the molecule is O=C(NC1CCCCC1)[C@@H](c1ccco1)N(Cc1ccc2c(c1)OCO2)C(=O)[C@H]1COc2ccccc2O1. The number of benzene rings is 2. The van der Waals surface area contributed by atoms with Crippen molar-refractivity contribution in [3.05, 3.63) is 72.2 Å². The number of amides is 2. The van der Waals surface area contributed by atoms with Crippen molar-refractivity contribution in [2.24, 2.45) is 0 Å². The molecule has 38 heavy (non-hydrogen) atoms. The van der Waals surface area contributed by atoms with Crippen molar-refractivity contribution in [3.63, 3.8) is 0 Å². The van der Waals surface area contributed by atoms with E-state index in [-0.39, 0.29) is 37.8 Å². The molecule has 2 amide bonds. The van der Waals surface area contributed by atoms with E-state index >= 15 is 0 Å². The van der Waals surface area contributed by atoms with Gasteiger partial charge in [0.15, 0.2) is 29.0 Å². The highest BCUT2D eigenvalue weighted by Gasteiger charge is 2.40. The molecule has 3 aliphatic rings. The molecular formula is C29H30N2O7. The highest BCUT2D eigenvalue weighted by Crippen LogP contribution is 2.36. The molecule has 6 rings (SSSR count). The lowest BCUT2D eigenvalue weighted by Gasteiger charge is -2.35. The van der Waals surface area contributed by atoms with Gasteiger partial charge in [-0.2, -0.15) is 0 Å². The molecule has 9 nitrogen and oxygen atoms in total. The molecule has 198 valence electrons. The van der Waals surface area contributed by atoms with Gasteiger partial charge in [-0.1, -0.05) is 37.5 Å². The number of rotatable bonds is 7. The van der Waals surface area contributed by atoms with Crippen LogP contribution >= 0.6 is 0 Å². The second kappa shape index (κ2) is 10.7. The number of carbonyl (C=O) groups excluding carboxylic acids is 2. The number of fused-ring (bicyclic) bond motifs is 2. The van der Waals surface area contributed by atoms with Crippen LogP contribution in [0.4, 0.5) is 0 Å². The van der Waals surface area contributed by atoms with Crippen molar-refractivity contribution < 1.29 is 33.0 Å². The molecule has 3 heterocycles. The van der Waals surface area contributed by atoms with Gasteiger partial charge in [-0.15, -0.1) is 0 Å². The molecule has 2 aromatic carbocycles. The van der Waals surface area contributed by atoms with Crippen LogP contribution in [0.1, 0.15) is 49.5 Å². The monoisotopic (exact) mass is 518 g/mol. The molecule has 0 spiro atoms. The summed E-state index contributed by atoms with van der Waals surface area (Å²) >= 11 is 0. The van der Waals surface area contributed by atoms with Crippen molar-refractivity contribution >= 4 is 11.8 Å². The fraction of sp³-hybridized carbons (Fsp3) is 0.379. The Morgan fingerprint density at radius 2 is 1.68 bits per heavy atom. The molecule has 1 saturated carbocycles. The molecule has 9 heteroatoms. The fourth-order valence-corrected chi connectivity index (χ4v) is 5.26. The molecule has 0 radical (unpaired) electrons. The molecule has 2 atom stereocenters. The first kappa shape index (κ1) is 24.2. The Balaban J connectivity index is 1.33.